The van der Waals surface area contributed by atoms with E-state index in [9.17, 15) is 14.7 Å². The van der Waals surface area contributed by atoms with Gasteiger partial charge in [0, 0.05) is 12.0 Å². The predicted molar refractivity (Wildman–Crippen MR) is 136 cm³/mol. The van der Waals surface area contributed by atoms with E-state index in [-0.39, 0.29) is 5.88 Å². The van der Waals surface area contributed by atoms with Crippen LogP contribution in [-0.2, 0) is 9.59 Å². The van der Waals surface area contributed by atoms with Crippen molar-refractivity contribution in [2.24, 2.45) is 0 Å². The van der Waals surface area contributed by atoms with Gasteiger partial charge < -0.3 is 19.7 Å². The number of carbonyl (C=O) groups excluding carboxylic acids is 2. The Labute approximate surface area is 211 Å². The van der Waals surface area contributed by atoms with Crippen LogP contribution in [0.15, 0.2) is 65.2 Å². The monoisotopic (exact) mass is 491 g/mol. The van der Waals surface area contributed by atoms with Crippen molar-refractivity contribution in [2.75, 3.05) is 5.32 Å². The zero-order chi connectivity index (χ0) is 25.3. The normalized spacial score (nSPS) is 15.6. The molecule has 3 aromatic rings. The number of amides is 2. The SMILES string of the molecule is CCCC(NC(=O)C(O)c1cccc(Oc2ccccc2)c1)C(=O)Nc1cc(C2CCCCC2)no1. The highest BCUT2D eigenvalue weighted by Gasteiger charge is 2.27. The van der Waals surface area contributed by atoms with Crippen LogP contribution in [0, 0.1) is 0 Å². The number of nitrogens with zero attached hydrogens (tertiary/aromatic N) is 1. The molecule has 1 aliphatic carbocycles. The van der Waals surface area contributed by atoms with Gasteiger partial charge in [0.2, 0.25) is 11.8 Å². The Morgan fingerprint density at radius 3 is 2.53 bits per heavy atom. The first-order valence-corrected chi connectivity index (χ1v) is 12.6. The summed E-state index contributed by atoms with van der Waals surface area (Å²) >= 11 is 0. The highest BCUT2D eigenvalue weighted by Crippen LogP contribution is 2.33. The van der Waals surface area contributed by atoms with E-state index < -0.39 is 24.0 Å². The van der Waals surface area contributed by atoms with Gasteiger partial charge in [-0.25, -0.2) is 0 Å². The van der Waals surface area contributed by atoms with E-state index in [4.69, 9.17) is 9.26 Å². The Hall–Kier alpha value is -3.65. The third-order valence-corrected chi connectivity index (χ3v) is 6.41. The van der Waals surface area contributed by atoms with E-state index in [0.717, 1.165) is 18.5 Å². The molecule has 1 heterocycles. The largest absolute Gasteiger partial charge is 0.457 e. The molecule has 1 fully saturated rings. The van der Waals surface area contributed by atoms with Gasteiger partial charge in [0.15, 0.2) is 6.10 Å². The van der Waals surface area contributed by atoms with E-state index in [2.05, 4.69) is 15.8 Å². The van der Waals surface area contributed by atoms with Gasteiger partial charge in [-0.05, 0) is 49.1 Å². The Balaban J connectivity index is 1.37. The summed E-state index contributed by atoms with van der Waals surface area (Å²) in [4.78, 5) is 25.8. The number of hydrogen-bond acceptors (Lipinski definition) is 6. The van der Waals surface area contributed by atoms with E-state index in [0.29, 0.717) is 35.8 Å². The average molecular weight is 492 g/mol. The maximum atomic E-state index is 12.9. The van der Waals surface area contributed by atoms with Crippen LogP contribution in [0.2, 0.25) is 0 Å². The summed E-state index contributed by atoms with van der Waals surface area (Å²) in [7, 11) is 0. The first-order chi connectivity index (χ1) is 17.5. The second kappa shape index (κ2) is 12.4. The van der Waals surface area contributed by atoms with E-state index in [1.807, 2.05) is 37.3 Å². The molecule has 2 atom stereocenters. The molecule has 8 heteroatoms. The molecule has 0 radical (unpaired) electrons. The molecule has 8 nitrogen and oxygen atoms in total. The summed E-state index contributed by atoms with van der Waals surface area (Å²) in [6.07, 6.45) is 5.35. The van der Waals surface area contributed by atoms with Crippen LogP contribution < -0.4 is 15.4 Å². The average Bonchev–Trinajstić information content (AvgIpc) is 3.37. The quantitative estimate of drug-likeness (QED) is 0.346. The number of carbonyl (C=O) groups is 2. The maximum absolute atomic E-state index is 12.9. The zero-order valence-electron chi connectivity index (χ0n) is 20.5. The number of aromatic nitrogens is 1. The molecular formula is C28H33N3O5. The summed E-state index contributed by atoms with van der Waals surface area (Å²) in [6.45, 7) is 1.92. The molecule has 1 aromatic heterocycles. The van der Waals surface area contributed by atoms with Gasteiger partial charge in [-0.2, -0.15) is 0 Å². The van der Waals surface area contributed by atoms with Crippen molar-refractivity contribution in [2.45, 2.75) is 69.9 Å². The Bertz CT molecular complexity index is 1140. The number of nitrogens with one attached hydrogen (secondary N) is 2. The van der Waals surface area contributed by atoms with E-state index in [1.54, 1.807) is 30.3 Å². The fourth-order valence-corrected chi connectivity index (χ4v) is 4.48. The van der Waals surface area contributed by atoms with E-state index >= 15 is 0 Å². The number of aliphatic hydroxyl groups excluding tert-OH is 1. The molecule has 0 saturated heterocycles. The van der Waals surface area contributed by atoms with Gasteiger partial charge in [-0.15, -0.1) is 0 Å². The Kier molecular flexibility index (Phi) is 8.73. The minimum atomic E-state index is -1.46. The summed E-state index contributed by atoms with van der Waals surface area (Å²) in [5.74, 6) is 0.684. The summed E-state index contributed by atoms with van der Waals surface area (Å²) < 4.78 is 11.1. The molecule has 190 valence electrons. The van der Waals surface area contributed by atoms with Gasteiger partial charge in [-0.1, -0.05) is 68.1 Å². The molecule has 36 heavy (non-hydrogen) atoms. The lowest BCUT2D eigenvalue weighted by Crippen LogP contribution is -2.45. The molecular weight excluding hydrogens is 458 g/mol. The summed E-state index contributed by atoms with van der Waals surface area (Å²) in [6, 6.07) is 16.9. The number of ether oxygens (including phenoxy) is 1. The minimum Gasteiger partial charge on any atom is -0.457 e. The maximum Gasteiger partial charge on any atom is 0.254 e. The van der Waals surface area contributed by atoms with Crippen LogP contribution in [-0.4, -0.2) is 28.1 Å². The molecule has 2 aromatic carbocycles. The standard InChI is InChI=1S/C28H33N3O5/c1-2-10-23(27(33)30-25-18-24(31-36-25)19-11-5-3-6-12-19)29-28(34)26(32)20-13-9-16-22(17-20)35-21-14-7-4-8-15-21/h4,7-9,13-19,23,26,32H,2-3,5-6,10-12H2,1H3,(H,29,34)(H,30,33). The van der Waals surface area contributed by atoms with Gasteiger partial charge in [0.1, 0.15) is 17.5 Å². The number of rotatable bonds is 10. The van der Waals surface area contributed by atoms with Gasteiger partial charge in [-0.3, -0.25) is 14.9 Å². The summed E-state index contributed by atoms with van der Waals surface area (Å²) in [5.41, 5.74) is 1.22. The van der Waals surface area contributed by atoms with Gasteiger partial charge in [0.25, 0.3) is 5.91 Å². The molecule has 0 bridgehead atoms. The first kappa shape index (κ1) is 25.4. The smallest absolute Gasteiger partial charge is 0.254 e. The molecule has 0 spiro atoms. The van der Waals surface area contributed by atoms with E-state index in [1.165, 1.54) is 19.3 Å². The second-order valence-corrected chi connectivity index (χ2v) is 9.18. The predicted octanol–water partition coefficient (Wildman–Crippen LogP) is 5.47. The van der Waals surface area contributed by atoms with Crippen LogP contribution in [0.3, 0.4) is 0 Å². The zero-order valence-corrected chi connectivity index (χ0v) is 20.5. The van der Waals surface area contributed by atoms with Gasteiger partial charge in [0.05, 0.1) is 5.69 Å². The molecule has 2 unspecified atom stereocenters. The molecule has 3 N–H and O–H groups in total. The van der Waals surface area contributed by atoms with Crippen molar-refractivity contribution >= 4 is 17.7 Å². The third kappa shape index (κ3) is 6.73. The number of aliphatic hydroxyl groups is 1. The lowest BCUT2D eigenvalue weighted by molar-refractivity contribution is -0.133. The molecule has 2 amide bonds. The fourth-order valence-electron chi connectivity index (χ4n) is 4.48. The number of para-hydroxylation sites is 1. The fraction of sp³-hybridized carbons (Fsp3) is 0.393. The lowest BCUT2D eigenvalue weighted by Gasteiger charge is -2.20. The Morgan fingerprint density at radius 2 is 1.78 bits per heavy atom. The number of benzene rings is 2. The molecule has 1 aliphatic rings. The lowest BCUT2D eigenvalue weighted by atomic mass is 9.87. The van der Waals surface area contributed by atoms with Crippen molar-refractivity contribution in [1.29, 1.82) is 0 Å². The van der Waals surface area contributed by atoms with Gasteiger partial charge >= 0.3 is 0 Å². The van der Waals surface area contributed by atoms with Crippen LogP contribution in [0.5, 0.6) is 11.5 Å². The number of hydrogen-bond donors (Lipinski definition) is 3. The molecule has 1 saturated carbocycles. The van der Waals surface area contributed by atoms with Crippen LogP contribution in [0.1, 0.15) is 75.1 Å². The molecule has 4 rings (SSSR count). The van der Waals surface area contributed by atoms with Crippen molar-refractivity contribution < 1.29 is 24.0 Å². The minimum absolute atomic E-state index is 0.266. The van der Waals surface area contributed by atoms with Crippen LogP contribution in [0.25, 0.3) is 0 Å². The van der Waals surface area contributed by atoms with Crippen molar-refractivity contribution in [1.82, 2.24) is 10.5 Å². The van der Waals surface area contributed by atoms with Crippen molar-refractivity contribution in [3.8, 4) is 11.5 Å². The summed E-state index contributed by atoms with van der Waals surface area (Å²) in [5, 5.41) is 20.2. The van der Waals surface area contributed by atoms with Crippen LogP contribution >= 0.6 is 0 Å². The third-order valence-electron chi connectivity index (χ3n) is 6.41. The highest BCUT2D eigenvalue weighted by molar-refractivity contribution is 5.97. The first-order valence-electron chi connectivity index (χ1n) is 12.6. The number of anilines is 1. The highest BCUT2D eigenvalue weighted by atomic mass is 16.5. The second-order valence-electron chi connectivity index (χ2n) is 9.18. The van der Waals surface area contributed by atoms with Crippen LogP contribution in [0.4, 0.5) is 5.88 Å². The molecule has 0 aliphatic heterocycles. The van der Waals surface area contributed by atoms with Crippen molar-refractivity contribution in [3.05, 3.63) is 71.9 Å². The Morgan fingerprint density at radius 1 is 1.03 bits per heavy atom. The van der Waals surface area contributed by atoms with Crippen molar-refractivity contribution in [3.63, 3.8) is 0 Å². The topological polar surface area (TPSA) is 114 Å².